The summed E-state index contributed by atoms with van der Waals surface area (Å²) < 4.78 is 16.5. The van der Waals surface area contributed by atoms with Gasteiger partial charge in [0.15, 0.2) is 5.75 Å². The minimum absolute atomic E-state index is 0.00514. The fraction of sp³-hybridized carbons (Fsp3) is 0.375. The van der Waals surface area contributed by atoms with E-state index in [2.05, 4.69) is 0 Å². The Kier molecular flexibility index (Phi) is 4.47. The minimum Gasteiger partial charge on any atom is -0.487 e. The van der Waals surface area contributed by atoms with E-state index < -0.39 is 4.92 Å². The second-order valence-corrected chi connectivity index (χ2v) is 5.13. The zero-order chi connectivity index (χ0) is 16.2. The van der Waals surface area contributed by atoms with Crippen molar-refractivity contribution in [3.63, 3.8) is 0 Å². The SMILES string of the molecule is CCOc1cccc(N2CCO[C@H](c3ccco3)C2)c1[N+](=O)[O-]. The van der Waals surface area contributed by atoms with Gasteiger partial charge in [-0.1, -0.05) is 6.07 Å². The van der Waals surface area contributed by atoms with Crippen LogP contribution in [0.4, 0.5) is 11.4 Å². The van der Waals surface area contributed by atoms with Crippen molar-refractivity contribution < 1.29 is 18.8 Å². The van der Waals surface area contributed by atoms with Gasteiger partial charge in [-0.25, -0.2) is 0 Å². The third-order valence-electron chi connectivity index (χ3n) is 3.73. The molecule has 0 aliphatic carbocycles. The van der Waals surface area contributed by atoms with Crippen LogP contribution in [0.5, 0.6) is 5.75 Å². The second-order valence-electron chi connectivity index (χ2n) is 5.13. The van der Waals surface area contributed by atoms with Crippen molar-refractivity contribution in [2.45, 2.75) is 13.0 Å². The molecule has 2 aromatic rings. The van der Waals surface area contributed by atoms with Crippen molar-refractivity contribution in [3.8, 4) is 5.75 Å². The number of furan rings is 1. The van der Waals surface area contributed by atoms with Crippen LogP contribution in [0.2, 0.25) is 0 Å². The molecule has 0 spiro atoms. The normalized spacial score (nSPS) is 18.0. The Morgan fingerprint density at radius 2 is 2.26 bits per heavy atom. The lowest BCUT2D eigenvalue weighted by Crippen LogP contribution is -2.38. The van der Waals surface area contributed by atoms with Crippen LogP contribution in [0.15, 0.2) is 41.0 Å². The predicted octanol–water partition coefficient (Wildman–Crippen LogP) is 3.16. The molecule has 3 rings (SSSR count). The third-order valence-corrected chi connectivity index (χ3v) is 3.73. The molecule has 1 aliphatic heterocycles. The van der Waals surface area contributed by atoms with E-state index in [9.17, 15) is 10.1 Å². The molecule has 1 aromatic carbocycles. The van der Waals surface area contributed by atoms with Crippen molar-refractivity contribution in [2.75, 3.05) is 31.2 Å². The van der Waals surface area contributed by atoms with Gasteiger partial charge in [0.05, 0.1) is 30.9 Å². The highest BCUT2D eigenvalue weighted by atomic mass is 16.6. The molecule has 0 radical (unpaired) electrons. The number of morpholine rings is 1. The summed E-state index contributed by atoms with van der Waals surface area (Å²) in [7, 11) is 0. The van der Waals surface area contributed by atoms with Crippen molar-refractivity contribution >= 4 is 11.4 Å². The van der Waals surface area contributed by atoms with Crippen LogP contribution in [-0.4, -0.2) is 31.2 Å². The molecule has 1 fully saturated rings. The van der Waals surface area contributed by atoms with Gasteiger partial charge in [0.1, 0.15) is 17.6 Å². The number of rotatable bonds is 5. The Balaban J connectivity index is 1.91. The molecule has 0 N–H and O–H groups in total. The molecule has 0 unspecified atom stereocenters. The van der Waals surface area contributed by atoms with Gasteiger partial charge in [-0.3, -0.25) is 10.1 Å². The summed E-state index contributed by atoms with van der Waals surface area (Å²) in [5.41, 5.74) is 0.537. The molecule has 7 heteroatoms. The Morgan fingerprint density at radius 3 is 2.96 bits per heavy atom. The number of benzene rings is 1. The molecule has 1 atom stereocenters. The molecule has 122 valence electrons. The van der Waals surface area contributed by atoms with Gasteiger partial charge in [0.25, 0.3) is 0 Å². The fourth-order valence-electron chi connectivity index (χ4n) is 2.74. The maximum absolute atomic E-state index is 11.5. The van der Waals surface area contributed by atoms with E-state index in [1.807, 2.05) is 11.0 Å². The Morgan fingerprint density at radius 1 is 1.39 bits per heavy atom. The van der Waals surface area contributed by atoms with E-state index in [0.717, 1.165) is 5.76 Å². The summed E-state index contributed by atoms with van der Waals surface area (Å²) in [6.45, 7) is 3.72. The summed E-state index contributed by atoms with van der Waals surface area (Å²) in [6, 6.07) is 8.78. The van der Waals surface area contributed by atoms with E-state index >= 15 is 0 Å². The molecule has 0 bridgehead atoms. The quantitative estimate of drug-likeness (QED) is 0.622. The zero-order valence-electron chi connectivity index (χ0n) is 12.8. The van der Waals surface area contributed by atoms with E-state index in [4.69, 9.17) is 13.9 Å². The smallest absolute Gasteiger partial charge is 0.333 e. The number of ether oxygens (including phenoxy) is 2. The Labute approximate surface area is 133 Å². The first kappa shape index (κ1) is 15.4. The summed E-state index contributed by atoms with van der Waals surface area (Å²) >= 11 is 0. The lowest BCUT2D eigenvalue weighted by Gasteiger charge is -2.33. The second kappa shape index (κ2) is 6.70. The van der Waals surface area contributed by atoms with E-state index in [0.29, 0.717) is 32.0 Å². The first-order chi connectivity index (χ1) is 11.2. The largest absolute Gasteiger partial charge is 0.487 e. The molecule has 7 nitrogen and oxygen atoms in total. The lowest BCUT2D eigenvalue weighted by molar-refractivity contribution is -0.385. The highest BCUT2D eigenvalue weighted by Crippen LogP contribution is 2.39. The Hall–Kier alpha value is -2.54. The van der Waals surface area contributed by atoms with Crippen LogP contribution in [0.3, 0.4) is 0 Å². The predicted molar refractivity (Wildman–Crippen MR) is 83.9 cm³/mol. The number of anilines is 1. The van der Waals surface area contributed by atoms with Gasteiger partial charge in [-0.2, -0.15) is 0 Å². The maximum Gasteiger partial charge on any atom is 0.333 e. The van der Waals surface area contributed by atoms with E-state index in [-0.39, 0.29) is 17.5 Å². The molecule has 1 aromatic heterocycles. The van der Waals surface area contributed by atoms with Gasteiger partial charge in [0.2, 0.25) is 0 Å². The zero-order valence-corrected chi connectivity index (χ0v) is 12.8. The average molecular weight is 318 g/mol. The highest BCUT2D eigenvalue weighted by molar-refractivity contribution is 5.70. The fourth-order valence-corrected chi connectivity index (χ4v) is 2.74. The highest BCUT2D eigenvalue weighted by Gasteiger charge is 2.30. The van der Waals surface area contributed by atoms with Crippen molar-refractivity contribution in [2.24, 2.45) is 0 Å². The van der Waals surface area contributed by atoms with Crippen LogP contribution >= 0.6 is 0 Å². The maximum atomic E-state index is 11.5. The van der Waals surface area contributed by atoms with Crippen LogP contribution in [0.1, 0.15) is 18.8 Å². The molecule has 23 heavy (non-hydrogen) atoms. The lowest BCUT2D eigenvalue weighted by atomic mass is 10.1. The van der Waals surface area contributed by atoms with Crippen LogP contribution in [0.25, 0.3) is 0 Å². The summed E-state index contributed by atoms with van der Waals surface area (Å²) in [5, 5.41) is 11.5. The molecule has 1 aliphatic rings. The van der Waals surface area contributed by atoms with Crippen molar-refractivity contribution in [1.29, 1.82) is 0 Å². The van der Waals surface area contributed by atoms with Gasteiger partial charge in [-0.15, -0.1) is 0 Å². The third kappa shape index (κ3) is 3.14. The van der Waals surface area contributed by atoms with Crippen LogP contribution in [0, 0.1) is 10.1 Å². The number of hydrogen-bond acceptors (Lipinski definition) is 6. The number of nitrogens with zero attached hydrogens (tertiary/aromatic N) is 2. The summed E-state index contributed by atoms with van der Waals surface area (Å²) in [4.78, 5) is 13.1. The van der Waals surface area contributed by atoms with Crippen molar-refractivity contribution in [3.05, 3.63) is 52.5 Å². The van der Waals surface area contributed by atoms with Gasteiger partial charge < -0.3 is 18.8 Å². The first-order valence-corrected chi connectivity index (χ1v) is 7.51. The molecule has 1 saturated heterocycles. The number of nitro groups is 1. The number of nitro benzene ring substituents is 1. The molecule has 2 heterocycles. The molecular formula is C16H18N2O5. The van der Waals surface area contributed by atoms with E-state index in [1.54, 1.807) is 37.5 Å². The van der Waals surface area contributed by atoms with Crippen LogP contribution < -0.4 is 9.64 Å². The first-order valence-electron chi connectivity index (χ1n) is 7.51. The topological polar surface area (TPSA) is 78.0 Å². The summed E-state index contributed by atoms with van der Waals surface area (Å²) in [5.74, 6) is 1.01. The van der Waals surface area contributed by atoms with Gasteiger partial charge in [0, 0.05) is 6.54 Å². The number of hydrogen-bond donors (Lipinski definition) is 0. The van der Waals surface area contributed by atoms with Crippen molar-refractivity contribution in [1.82, 2.24) is 0 Å². The summed E-state index contributed by atoms with van der Waals surface area (Å²) in [6.07, 6.45) is 1.35. The molecule has 0 amide bonds. The monoisotopic (exact) mass is 318 g/mol. The van der Waals surface area contributed by atoms with Gasteiger partial charge >= 0.3 is 5.69 Å². The Bertz CT molecular complexity index is 671. The molecule has 0 saturated carbocycles. The number of para-hydroxylation sites is 1. The van der Waals surface area contributed by atoms with Gasteiger partial charge in [-0.05, 0) is 31.2 Å². The van der Waals surface area contributed by atoms with Crippen LogP contribution in [-0.2, 0) is 4.74 Å². The molecular weight excluding hydrogens is 300 g/mol. The minimum atomic E-state index is -0.391. The standard InChI is InChI=1S/C16H18N2O5/c1-2-21-14-6-3-5-12(16(14)18(19)20)17-8-10-23-15(11-17)13-7-4-9-22-13/h3-7,9,15H,2,8,10-11H2,1H3/t15-/m0/s1. The average Bonchev–Trinajstić information content (AvgIpc) is 3.09. The van der Waals surface area contributed by atoms with E-state index in [1.165, 1.54) is 0 Å².